The number of methoxy groups -OCH3 is 1. The molecule has 1 aromatic carbocycles. The summed E-state index contributed by atoms with van der Waals surface area (Å²) < 4.78 is 10.7. The number of ether oxygens (including phenoxy) is 2. The second kappa shape index (κ2) is 6.40. The maximum absolute atomic E-state index is 12.6. The van der Waals surface area contributed by atoms with Crippen LogP contribution in [0.5, 0.6) is 11.5 Å². The highest BCUT2D eigenvalue weighted by Crippen LogP contribution is 2.51. The Hall–Kier alpha value is -1.75. The Morgan fingerprint density at radius 3 is 2.57 bits per heavy atom. The van der Waals surface area contributed by atoms with Crippen molar-refractivity contribution in [2.75, 3.05) is 20.3 Å². The number of nitrogens with zero attached hydrogens (tertiary/aromatic N) is 1. The minimum Gasteiger partial charge on any atom is -0.497 e. The molecule has 5 nitrogen and oxygen atoms in total. The Morgan fingerprint density at radius 1 is 1.30 bits per heavy atom. The smallest absolute Gasteiger partial charge is 0.261 e. The lowest BCUT2D eigenvalue weighted by Gasteiger charge is -2.34. The number of carbonyl (C=O) groups excluding carboxylic acids is 1. The molecule has 2 heterocycles. The zero-order valence-electron chi connectivity index (χ0n) is 13.8. The van der Waals surface area contributed by atoms with Gasteiger partial charge < -0.3 is 19.5 Å². The topological polar surface area (TPSA) is 59.0 Å². The highest BCUT2D eigenvalue weighted by atomic mass is 16.5. The minimum atomic E-state index is -0.112. The van der Waals surface area contributed by atoms with Gasteiger partial charge in [0.15, 0.2) is 6.61 Å². The van der Waals surface area contributed by atoms with Gasteiger partial charge in [-0.05, 0) is 49.9 Å². The van der Waals surface area contributed by atoms with Gasteiger partial charge in [-0.15, -0.1) is 0 Å². The zero-order valence-corrected chi connectivity index (χ0v) is 13.8. The molecule has 1 amide bonds. The maximum atomic E-state index is 12.6. The van der Waals surface area contributed by atoms with Crippen LogP contribution in [-0.4, -0.2) is 48.3 Å². The van der Waals surface area contributed by atoms with Crippen LogP contribution in [0.3, 0.4) is 0 Å². The summed E-state index contributed by atoms with van der Waals surface area (Å²) in [6, 6.07) is 7.65. The fraction of sp³-hybridized carbons (Fsp3) is 0.611. The first-order valence-electron chi connectivity index (χ1n) is 8.32. The van der Waals surface area contributed by atoms with E-state index in [1.54, 1.807) is 19.2 Å². The molecule has 2 aliphatic rings. The molecule has 3 atom stereocenters. The molecule has 2 fully saturated rings. The normalized spacial score (nSPS) is 28.9. The molecule has 23 heavy (non-hydrogen) atoms. The third-order valence-electron chi connectivity index (χ3n) is 5.58. The van der Waals surface area contributed by atoms with Crippen molar-refractivity contribution in [2.24, 2.45) is 5.41 Å². The first-order valence-corrected chi connectivity index (χ1v) is 8.32. The fourth-order valence-electron chi connectivity index (χ4n) is 4.22. The van der Waals surface area contributed by atoms with Crippen molar-refractivity contribution in [3.8, 4) is 11.5 Å². The van der Waals surface area contributed by atoms with Gasteiger partial charge in [0.05, 0.1) is 13.7 Å². The van der Waals surface area contributed by atoms with Gasteiger partial charge in [0.2, 0.25) is 0 Å². The Bertz CT molecular complexity index is 553. The fourth-order valence-corrected chi connectivity index (χ4v) is 4.22. The molecule has 0 aliphatic carbocycles. The van der Waals surface area contributed by atoms with Gasteiger partial charge in [-0.25, -0.2) is 0 Å². The van der Waals surface area contributed by atoms with Gasteiger partial charge in [0.1, 0.15) is 11.5 Å². The van der Waals surface area contributed by atoms with E-state index in [9.17, 15) is 9.90 Å². The molecule has 2 bridgehead atoms. The molecule has 2 saturated heterocycles. The van der Waals surface area contributed by atoms with E-state index < -0.39 is 0 Å². The number of aliphatic hydroxyl groups is 1. The summed E-state index contributed by atoms with van der Waals surface area (Å²) in [5, 5.41) is 9.81. The van der Waals surface area contributed by atoms with E-state index in [1.165, 1.54) is 0 Å². The number of amides is 1. The molecule has 0 unspecified atom stereocenters. The number of fused-ring (bicyclic) bond motifs is 2. The first kappa shape index (κ1) is 16.1. The van der Waals surface area contributed by atoms with Gasteiger partial charge in [0.25, 0.3) is 5.91 Å². The quantitative estimate of drug-likeness (QED) is 0.873. The van der Waals surface area contributed by atoms with Crippen LogP contribution < -0.4 is 9.47 Å². The van der Waals surface area contributed by atoms with Crippen molar-refractivity contribution in [1.29, 1.82) is 0 Å². The van der Waals surface area contributed by atoms with Crippen molar-refractivity contribution in [3.05, 3.63) is 24.3 Å². The van der Waals surface area contributed by atoms with Crippen molar-refractivity contribution in [2.45, 2.75) is 44.7 Å². The third kappa shape index (κ3) is 2.78. The molecule has 0 saturated carbocycles. The summed E-state index contributed by atoms with van der Waals surface area (Å²) in [4.78, 5) is 14.6. The van der Waals surface area contributed by atoms with E-state index in [0.29, 0.717) is 5.75 Å². The van der Waals surface area contributed by atoms with Crippen LogP contribution in [-0.2, 0) is 4.79 Å². The van der Waals surface area contributed by atoms with E-state index in [0.717, 1.165) is 31.4 Å². The zero-order chi connectivity index (χ0) is 16.4. The van der Waals surface area contributed by atoms with Gasteiger partial charge in [-0.1, -0.05) is 6.92 Å². The van der Waals surface area contributed by atoms with E-state index in [1.807, 2.05) is 17.0 Å². The Morgan fingerprint density at radius 2 is 2.00 bits per heavy atom. The lowest BCUT2D eigenvalue weighted by Crippen LogP contribution is -2.44. The Labute approximate surface area is 137 Å². The van der Waals surface area contributed by atoms with Crippen LogP contribution in [0, 0.1) is 5.41 Å². The average Bonchev–Trinajstić information content (AvgIpc) is 3.16. The minimum absolute atomic E-state index is 0.0251. The second-order valence-corrected chi connectivity index (χ2v) is 6.59. The van der Waals surface area contributed by atoms with Crippen molar-refractivity contribution in [1.82, 2.24) is 4.90 Å². The van der Waals surface area contributed by atoms with Crippen molar-refractivity contribution < 1.29 is 19.4 Å². The van der Waals surface area contributed by atoms with Crippen LogP contribution in [0.25, 0.3) is 0 Å². The SMILES string of the molecule is CC[C@@]1(CO)C[C@@H]2CC[C@H]1N2C(=O)COc1ccc(OC)cc1. The Balaban J connectivity index is 1.62. The van der Waals surface area contributed by atoms with Crippen LogP contribution >= 0.6 is 0 Å². The lowest BCUT2D eigenvalue weighted by atomic mass is 9.72. The molecule has 1 aromatic rings. The number of rotatable bonds is 6. The predicted octanol–water partition coefficient (Wildman–Crippen LogP) is 2.23. The van der Waals surface area contributed by atoms with Gasteiger partial charge in [-0.2, -0.15) is 0 Å². The monoisotopic (exact) mass is 319 g/mol. The molecule has 1 N–H and O–H groups in total. The largest absolute Gasteiger partial charge is 0.497 e. The first-order chi connectivity index (χ1) is 11.1. The standard InChI is InChI=1S/C18H25NO4/c1-3-18(12-20)10-13-4-9-16(18)19(13)17(21)11-23-15-7-5-14(22-2)6-8-15/h5-8,13,16,20H,3-4,9-12H2,1-2H3/t13-,16+,18-/m0/s1. The molecule has 2 aliphatic heterocycles. The third-order valence-corrected chi connectivity index (χ3v) is 5.58. The van der Waals surface area contributed by atoms with Gasteiger partial charge >= 0.3 is 0 Å². The maximum Gasteiger partial charge on any atom is 0.261 e. The summed E-state index contributed by atoms with van der Waals surface area (Å²) in [6.45, 7) is 2.31. The van der Waals surface area contributed by atoms with Crippen LogP contribution in [0.2, 0.25) is 0 Å². The summed E-state index contributed by atoms with van der Waals surface area (Å²) in [5.41, 5.74) is -0.112. The summed E-state index contributed by atoms with van der Waals surface area (Å²) in [5.74, 6) is 1.45. The summed E-state index contributed by atoms with van der Waals surface area (Å²) >= 11 is 0. The number of carbonyl (C=O) groups is 1. The van der Waals surface area contributed by atoms with Crippen LogP contribution in [0.4, 0.5) is 0 Å². The molecular formula is C18H25NO4. The van der Waals surface area contributed by atoms with Gasteiger partial charge in [-0.3, -0.25) is 4.79 Å². The molecule has 3 rings (SSSR count). The number of aliphatic hydroxyl groups excluding tert-OH is 1. The lowest BCUT2D eigenvalue weighted by molar-refractivity contribution is -0.135. The predicted molar refractivity (Wildman–Crippen MR) is 86.6 cm³/mol. The van der Waals surface area contributed by atoms with Crippen LogP contribution in [0.1, 0.15) is 32.6 Å². The van der Waals surface area contributed by atoms with Crippen molar-refractivity contribution >= 4 is 5.91 Å². The van der Waals surface area contributed by atoms with E-state index in [-0.39, 0.29) is 36.6 Å². The number of hydrogen-bond acceptors (Lipinski definition) is 4. The summed E-state index contributed by atoms with van der Waals surface area (Å²) in [6.07, 6.45) is 3.86. The molecule has 0 radical (unpaired) electrons. The average molecular weight is 319 g/mol. The molecule has 0 spiro atoms. The van der Waals surface area contributed by atoms with E-state index in [4.69, 9.17) is 9.47 Å². The number of benzene rings is 1. The van der Waals surface area contributed by atoms with Crippen molar-refractivity contribution in [3.63, 3.8) is 0 Å². The Kier molecular flexibility index (Phi) is 4.48. The molecule has 126 valence electrons. The van der Waals surface area contributed by atoms with Crippen LogP contribution in [0.15, 0.2) is 24.3 Å². The van der Waals surface area contributed by atoms with Gasteiger partial charge in [0, 0.05) is 17.5 Å². The molecule has 0 aromatic heterocycles. The highest BCUT2D eigenvalue weighted by molar-refractivity contribution is 5.79. The number of hydrogen-bond donors (Lipinski definition) is 1. The molecule has 5 heteroatoms. The molecular weight excluding hydrogens is 294 g/mol. The second-order valence-electron chi connectivity index (χ2n) is 6.59. The van der Waals surface area contributed by atoms with E-state index in [2.05, 4.69) is 6.92 Å². The summed E-state index contributed by atoms with van der Waals surface area (Å²) in [7, 11) is 1.61. The highest BCUT2D eigenvalue weighted by Gasteiger charge is 2.56. The van der Waals surface area contributed by atoms with E-state index >= 15 is 0 Å².